The average Bonchev–Trinajstić information content (AvgIpc) is 2.25. The molecule has 0 aliphatic heterocycles. The molecule has 0 amide bonds. The van der Waals surface area contributed by atoms with E-state index >= 15 is 0 Å². The fraction of sp³-hybridized carbons (Fsp3) is 0.667. The SMILES string of the molecule is CC(C)CN(CC(C)C)c1ncnc(Cl)c1[N+](=O)[O-]. The first kappa shape index (κ1) is 15.6. The number of nitro groups is 1. The minimum Gasteiger partial charge on any atom is -0.350 e. The fourth-order valence-corrected chi connectivity index (χ4v) is 2.06. The van der Waals surface area contributed by atoms with Gasteiger partial charge in [0.25, 0.3) is 0 Å². The summed E-state index contributed by atoms with van der Waals surface area (Å²) in [6, 6.07) is 0. The molecule has 1 rings (SSSR count). The van der Waals surface area contributed by atoms with E-state index in [2.05, 4.69) is 37.7 Å². The number of aromatic nitrogens is 2. The maximum Gasteiger partial charge on any atom is 0.348 e. The lowest BCUT2D eigenvalue weighted by atomic mass is 10.1. The number of nitrogens with zero attached hydrogens (tertiary/aromatic N) is 4. The van der Waals surface area contributed by atoms with Crippen LogP contribution in [0.15, 0.2) is 6.33 Å². The van der Waals surface area contributed by atoms with Crippen molar-refractivity contribution in [1.29, 1.82) is 0 Å². The molecule has 0 fully saturated rings. The van der Waals surface area contributed by atoms with E-state index in [1.54, 1.807) is 0 Å². The van der Waals surface area contributed by atoms with Crippen LogP contribution in [0.2, 0.25) is 5.15 Å². The highest BCUT2D eigenvalue weighted by Crippen LogP contribution is 2.32. The second-order valence-electron chi connectivity index (χ2n) is 5.29. The van der Waals surface area contributed by atoms with Gasteiger partial charge in [0.05, 0.1) is 4.92 Å². The molecule has 0 saturated heterocycles. The maximum absolute atomic E-state index is 11.1. The smallest absolute Gasteiger partial charge is 0.348 e. The largest absolute Gasteiger partial charge is 0.350 e. The first-order chi connectivity index (χ1) is 8.82. The van der Waals surface area contributed by atoms with Gasteiger partial charge in [0.15, 0.2) is 0 Å². The molecule has 0 aliphatic carbocycles. The van der Waals surface area contributed by atoms with Crippen molar-refractivity contribution in [3.05, 3.63) is 21.6 Å². The van der Waals surface area contributed by atoms with Gasteiger partial charge in [-0.15, -0.1) is 0 Å². The van der Waals surface area contributed by atoms with E-state index in [9.17, 15) is 10.1 Å². The Morgan fingerprint density at radius 3 is 2.21 bits per heavy atom. The summed E-state index contributed by atoms with van der Waals surface area (Å²) < 4.78 is 0. The number of rotatable bonds is 6. The standard InChI is InChI=1S/C12H19ClN4O2/c1-8(2)5-16(6-9(3)4)12-10(17(18)19)11(13)14-7-15-12/h7-9H,5-6H2,1-4H3. The third kappa shape index (κ3) is 4.31. The normalized spacial score (nSPS) is 11.1. The lowest BCUT2D eigenvalue weighted by Gasteiger charge is -2.26. The van der Waals surface area contributed by atoms with Gasteiger partial charge in [0.1, 0.15) is 6.33 Å². The van der Waals surface area contributed by atoms with Crippen LogP contribution in [0.1, 0.15) is 27.7 Å². The van der Waals surface area contributed by atoms with E-state index in [0.717, 1.165) is 0 Å². The molecule has 19 heavy (non-hydrogen) atoms. The molecule has 0 spiro atoms. The van der Waals surface area contributed by atoms with E-state index in [1.165, 1.54) is 6.33 Å². The Hall–Kier alpha value is -1.43. The first-order valence-electron chi connectivity index (χ1n) is 6.22. The van der Waals surface area contributed by atoms with Crippen LogP contribution in [0.25, 0.3) is 0 Å². The van der Waals surface area contributed by atoms with Crippen molar-refractivity contribution in [2.45, 2.75) is 27.7 Å². The van der Waals surface area contributed by atoms with Gasteiger partial charge in [-0.05, 0) is 11.8 Å². The third-order valence-corrected chi connectivity index (χ3v) is 2.69. The maximum atomic E-state index is 11.1. The van der Waals surface area contributed by atoms with Crippen molar-refractivity contribution in [3.63, 3.8) is 0 Å². The molecule has 106 valence electrons. The Bertz CT molecular complexity index is 441. The van der Waals surface area contributed by atoms with Gasteiger partial charge in [-0.1, -0.05) is 39.3 Å². The molecule has 0 saturated carbocycles. The van der Waals surface area contributed by atoms with Crippen molar-refractivity contribution >= 4 is 23.1 Å². The van der Waals surface area contributed by atoms with Crippen molar-refractivity contribution in [3.8, 4) is 0 Å². The quantitative estimate of drug-likeness (QED) is 0.456. The van der Waals surface area contributed by atoms with Gasteiger partial charge in [-0.25, -0.2) is 9.97 Å². The Balaban J connectivity index is 3.21. The molecule has 0 N–H and O–H groups in total. The monoisotopic (exact) mass is 286 g/mol. The van der Waals surface area contributed by atoms with Crippen LogP contribution < -0.4 is 4.90 Å². The molecule has 6 nitrogen and oxygen atoms in total. The average molecular weight is 287 g/mol. The Morgan fingerprint density at radius 1 is 1.26 bits per heavy atom. The first-order valence-corrected chi connectivity index (χ1v) is 6.60. The number of anilines is 1. The summed E-state index contributed by atoms with van der Waals surface area (Å²) in [7, 11) is 0. The molecule has 7 heteroatoms. The van der Waals surface area contributed by atoms with Crippen LogP contribution in [0.4, 0.5) is 11.5 Å². The number of halogens is 1. The fourth-order valence-electron chi connectivity index (χ4n) is 1.87. The van der Waals surface area contributed by atoms with Crippen LogP contribution >= 0.6 is 11.6 Å². The molecule has 1 heterocycles. The molecule has 0 aromatic carbocycles. The molecule has 1 aromatic rings. The van der Waals surface area contributed by atoms with E-state index in [-0.39, 0.29) is 10.8 Å². The van der Waals surface area contributed by atoms with E-state index in [0.29, 0.717) is 30.7 Å². The predicted molar refractivity (Wildman–Crippen MR) is 75.6 cm³/mol. The Kier molecular flexibility index (Phi) is 5.47. The molecule has 0 radical (unpaired) electrons. The Morgan fingerprint density at radius 2 is 1.79 bits per heavy atom. The summed E-state index contributed by atoms with van der Waals surface area (Å²) in [6.45, 7) is 9.60. The van der Waals surface area contributed by atoms with Crippen molar-refractivity contribution < 1.29 is 4.92 Å². The van der Waals surface area contributed by atoms with Crippen LogP contribution in [0.5, 0.6) is 0 Å². The molecule has 0 atom stereocenters. The second-order valence-corrected chi connectivity index (χ2v) is 5.64. The zero-order chi connectivity index (χ0) is 14.6. The summed E-state index contributed by atoms with van der Waals surface area (Å²) in [6.07, 6.45) is 1.26. The highest BCUT2D eigenvalue weighted by Gasteiger charge is 2.26. The summed E-state index contributed by atoms with van der Waals surface area (Å²) >= 11 is 5.82. The van der Waals surface area contributed by atoms with Crippen molar-refractivity contribution in [2.75, 3.05) is 18.0 Å². The summed E-state index contributed by atoms with van der Waals surface area (Å²) in [4.78, 5) is 20.3. The summed E-state index contributed by atoms with van der Waals surface area (Å²) in [5.74, 6) is 1.03. The molecule has 1 aromatic heterocycles. The lowest BCUT2D eigenvalue weighted by molar-refractivity contribution is -0.384. The van der Waals surface area contributed by atoms with Gasteiger partial charge < -0.3 is 4.90 Å². The third-order valence-electron chi connectivity index (χ3n) is 2.41. The van der Waals surface area contributed by atoms with E-state index in [1.807, 2.05) is 4.90 Å². The van der Waals surface area contributed by atoms with E-state index in [4.69, 9.17) is 11.6 Å². The van der Waals surface area contributed by atoms with Crippen molar-refractivity contribution in [1.82, 2.24) is 9.97 Å². The highest BCUT2D eigenvalue weighted by molar-refractivity contribution is 6.31. The predicted octanol–water partition coefficient (Wildman–Crippen LogP) is 3.16. The van der Waals surface area contributed by atoms with Gasteiger partial charge in [-0.3, -0.25) is 10.1 Å². The molecule has 0 aliphatic rings. The molecular weight excluding hydrogens is 268 g/mol. The zero-order valence-electron chi connectivity index (χ0n) is 11.6. The Labute approximate surface area is 118 Å². The molecule has 0 unspecified atom stereocenters. The van der Waals surface area contributed by atoms with Crippen LogP contribution in [0.3, 0.4) is 0 Å². The van der Waals surface area contributed by atoms with Crippen molar-refractivity contribution in [2.24, 2.45) is 11.8 Å². The van der Waals surface area contributed by atoms with Gasteiger partial charge in [-0.2, -0.15) is 0 Å². The van der Waals surface area contributed by atoms with Crippen LogP contribution in [0, 0.1) is 22.0 Å². The lowest BCUT2D eigenvalue weighted by Crippen LogP contribution is -2.32. The number of hydrogen-bond acceptors (Lipinski definition) is 5. The number of hydrogen-bond donors (Lipinski definition) is 0. The second kappa shape index (κ2) is 6.65. The van der Waals surface area contributed by atoms with Gasteiger partial charge >= 0.3 is 5.69 Å². The van der Waals surface area contributed by atoms with Gasteiger partial charge in [0, 0.05) is 13.1 Å². The topological polar surface area (TPSA) is 72.2 Å². The molecule has 0 bridgehead atoms. The van der Waals surface area contributed by atoms with Crippen LogP contribution in [-0.4, -0.2) is 28.0 Å². The van der Waals surface area contributed by atoms with Gasteiger partial charge in [0.2, 0.25) is 11.0 Å². The minimum absolute atomic E-state index is 0.118. The van der Waals surface area contributed by atoms with E-state index < -0.39 is 4.92 Å². The summed E-state index contributed by atoms with van der Waals surface area (Å²) in [5, 5.41) is 11.0. The highest BCUT2D eigenvalue weighted by atomic mass is 35.5. The minimum atomic E-state index is -0.522. The zero-order valence-corrected chi connectivity index (χ0v) is 12.4. The van der Waals surface area contributed by atoms with Crippen LogP contribution in [-0.2, 0) is 0 Å². The summed E-state index contributed by atoms with van der Waals surface area (Å²) in [5.41, 5.74) is -0.217. The molecular formula is C12H19ClN4O2.